The van der Waals surface area contributed by atoms with E-state index in [1.807, 2.05) is 24.3 Å². The third-order valence-electron chi connectivity index (χ3n) is 4.61. The minimum Gasteiger partial charge on any atom is -0.374 e. The van der Waals surface area contributed by atoms with Crippen molar-refractivity contribution in [2.75, 3.05) is 5.32 Å². The predicted molar refractivity (Wildman–Crippen MR) is 97.7 cm³/mol. The second-order valence-corrected chi connectivity index (χ2v) is 6.80. The van der Waals surface area contributed by atoms with Gasteiger partial charge >= 0.3 is 0 Å². The first kappa shape index (κ1) is 17.4. The van der Waals surface area contributed by atoms with Crippen LogP contribution < -0.4 is 10.9 Å². The molecule has 0 unspecified atom stereocenters. The number of carbonyl (C=O) groups is 1. The largest absolute Gasteiger partial charge is 0.374 e. The predicted octanol–water partition coefficient (Wildman–Crippen LogP) is 3.72. The van der Waals surface area contributed by atoms with E-state index < -0.39 is 0 Å². The number of aromatic amines is 1. The summed E-state index contributed by atoms with van der Waals surface area (Å²) in [6.45, 7) is 2.84. The number of H-pyrrole nitrogens is 1. The van der Waals surface area contributed by atoms with Crippen LogP contribution >= 0.6 is 0 Å². The van der Waals surface area contributed by atoms with Gasteiger partial charge in [-0.2, -0.15) is 0 Å². The molecule has 1 aromatic carbocycles. The Morgan fingerprint density at radius 1 is 1.28 bits per heavy atom. The highest BCUT2D eigenvalue weighted by Gasteiger charge is 2.19. The highest BCUT2D eigenvalue weighted by atomic mass is 16.5. The molecule has 132 valence electrons. The standard InChI is InChI=1S/C20H24N2O3/c1-14-4-2-7-18(10-14)25-13-15-5-3-6-17(11-15)22-20(24)16-8-9-19(23)21-12-16/h3,5-6,8-9,11-12,14,18H,2,4,7,10,13H2,1H3,(H,21,23)(H,22,24)/t14-,18-/m1/s1. The molecule has 3 rings (SSSR count). The molecule has 5 heteroatoms. The quantitative estimate of drug-likeness (QED) is 0.871. The van der Waals surface area contributed by atoms with Crippen molar-refractivity contribution in [3.8, 4) is 0 Å². The van der Waals surface area contributed by atoms with Crippen molar-refractivity contribution in [1.29, 1.82) is 0 Å². The van der Waals surface area contributed by atoms with E-state index in [0.29, 0.717) is 24.0 Å². The maximum Gasteiger partial charge on any atom is 0.257 e. The van der Waals surface area contributed by atoms with Crippen LogP contribution in [-0.4, -0.2) is 17.0 Å². The van der Waals surface area contributed by atoms with Crippen LogP contribution in [0.4, 0.5) is 5.69 Å². The van der Waals surface area contributed by atoms with Crippen LogP contribution in [0.15, 0.2) is 47.4 Å². The number of pyridine rings is 1. The number of anilines is 1. The van der Waals surface area contributed by atoms with E-state index in [0.717, 1.165) is 24.3 Å². The molecule has 1 aliphatic rings. The minimum atomic E-state index is -0.254. The number of ether oxygens (including phenoxy) is 1. The Morgan fingerprint density at radius 2 is 2.16 bits per heavy atom. The lowest BCUT2D eigenvalue weighted by atomic mass is 9.89. The lowest BCUT2D eigenvalue weighted by Gasteiger charge is -2.26. The van der Waals surface area contributed by atoms with Crippen LogP contribution in [0.3, 0.4) is 0 Å². The molecule has 25 heavy (non-hydrogen) atoms. The van der Waals surface area contributed by atoms with Gasteiger partial charge in [0.05, 0.1) is 18.3 Å². The fourth-order valence-electron chi connectivity index (χ4n) is 3.24. The first-order chi connectivity index (χ1) is 12.1. The van der Waals surface area contributed by atoms with Crippen LogP contribution in [0.1, 0.15) is 48.5 Å². The van der Waals surface area contributed by atoms with Gasteiger partial charge in [-0.05, 0) is 42.5 Å². The van der Waals surface area contributed by atoms with E-state index in [4.69, 9.17) is 4.74 Å². The van der Waals surface area contributed by atoms with Gasteiger partial charge in [-0.25, -0.2) is 0 Å². The summed E-state index contributed by atoms with van der Waals surface area (Å²) >= 11 is 0. The molecular weight excluding hydrogens is 316 g/mol. The molecule has 1 saturated carbocycles. The van der Waals surface area contributed by atoms with Crippen LogP contribution in [0, 0.1) is 5.92 Å². The van der Waals surface area contributed by atoms with Crippen LogP contribution in [0.2, 0.25) is 0 Å². The van der Waals surface area contributed by atoms with Crippen molar-refractivity contribution in [3.05, 3.63) is 64.1 Å². The van der Waals surface area contributed by atoms with Gasteiger partial charge < -0.3 is 15.0 Å². The van der Waals surface area contributed by atoms with E-state index in [1.165, 1.54) is 31.2 Å². The van der Waals surface area contributed by atoms with Crippen molar-refractivity contribution >= 4 is 11.6 Å². The molecule has 1 heterocycles. The molecule has 1 fully saturated rings. The summed E-state index contributed by atoms with van der Waals surface area (Å²) in [5.74, 6) is 0.483. The first-order valence-electron chi connectivity index (χ1n) is 8.81. The normalized spacial score (nSPS) is 20.2. The Balaban J connectivity index is 1.58. The number of carbonyl (C=O) groups excluding carboxylic acids is 1. The Bertz CT molecular complexity index is 764. The van der Waals surface area contributed by atoms with E-state index in [1.54, 1.807) is 0 Å². The van der Waals surface area contributed by atoms with Gasteiger partial charge in [0.2, 0.25) is 5.56 Å². The smallest absolute Gasteiger partial charge is 0.257 e. The maximum atomic E-state index is 12.2. The van der Waals surface area contributed by atoms with E-state index in [9.17, 15) is 9.59 Å². The van der Waals surface area contributed by atoms with E-state index >= 15 is 0 Å². The zero-order chi connectivity index (χ0) is 17.6. The number of aromatic nitrogens is 1. The highest BCUT2D eigenvalue weighted by Crippen LogP contribution is 2.26. The lowest BCUT2D eigenvalue weighted by molar-refractivity contribution is 0.00468. The zero-order valence-electron chi connectivity index (χ0n) is 14.5. The minimum absolute atomic E-state index is 0.229. The van der Waals surface area contributed by atoms with Gasteiger partial charge in [0, 0.05) is 18.0 Å². The Kier molecular flexibility index (Phi) is 5.66. The van der Waals surface area contributed by atoms with Gasteiger partial charge in [0.15, 0.2) is 0 Å². The molecule has 2 aromatic rings. The van der Waals surface area contributed by atoms with Gasteiger partial charge in [-0.15, -0.1) is 0 Å². The van der Waals surface area contributed by atoms with E-state index in [-0.39, 0.29) is 11.5 Å². The molecule has 0 saturated heterocycles. The number of nitrogens with one attached hydrogen (secondary N) is 2. The summed E-state index contributed by atoms with van der Waals surface area (Å²) in [6.07, 6.45) is 6.54. The molecule has 0 spiro atoms. The molecule has 0 bridgehead atoms. The summed E-state index contributed by atoms with van der Waals surface area (Å²) in [7, 11) is 0. The third kappa shape index (κ3) is 5.03. The van der Waals surface area contributed by atoms with Crippen molar-refractivity contribution in [2.45, 2.75) is 45.3 Å². The fraction of sp³-hybridized carbons (Fsp3) is 0.400. The lowest BCUT2D eigenvalue weighted by Crippen LogP contribution is -2.21. The summed E-state index contributed by atoms with van der Waals surface area (Å²) in [4.78, 5) is 25.8. The second kappa shape index (κ2) is 8.12. The summed E-state index contributed by atoms with van der Waals surface area (Å²) in [5, 5.41) is 2.85. The summed E-state index contributed by atoms with van der Waals surface area (Å²) in [5.41, 5.74) is 1.94. The van der Waals surface area contributed by atoms with Crippen LogP contribution in [0.5, 0.6) is 0 Å². The molecule has 5 nitrogen and oxygen atoms in total. The Hall–Kier alpha value is -2.40. The van der Waals surface area contributed by atoms with Crippen molar-refractivity contribution in [1.82, 2.24) is 4.98 Å². The molecular formula is C20H24N2O3. The van der Waals surface area contributed by atoms with Crippen molar-refractivity contribution < 1.29 is 9.53 Å². The highest BCUT2D eigenvalue weighted by molar-refractivity contribution is 6.04. The number of amides is 1. The fourth-order valence-corrected chi connectivity index (χ4v) is 3.24. The van der Waals surface area contributed by atoms with Crippen LogP contribution in [-0.2, 0) is 11.3 Å². The monoisotopic (exact) mass is 340 g/mol. The maximum absolute atomic E-state index is 12.2. The zero-order valence-corrected chi connectivity index (χ0v) is 14.5. The van der Waals surface area contributed by atoms with Gasteiger partial charge in [-0.3, -0.25) is 9.59 Å². The van der Waals surface area contributed by atoms with Gasteiger partial charge in [0.1, 0.15) is 0 Å². The number of rotatable bonds is 5. The van der Waals surface area contributed by atoms with Gasteiger partial charge in [-0.1, -0.05) is 31.9 Å². The topological polar surface area (TPSA) is 71.2 Å². The van der Waals surface area contributed by atoms with Crippen molar-refractivity contribution in [3.63, 3.8) is 0 Å². The van der Waals surface area contributed by atoms with Crippen LogP contribution in [0.25, 0.3) is 0 Å². The molecule has 1 aliphatic carbocycles. The molecule has 0 aliphatic heterocycles. The molecule has 2 atom stereocenters. The second-order valence-electron chi connectivity index (χ2n) is 6.80. The third-order valence-corrected chi connectivity index (χ3v) is 4.61. The molecule has 1 amide bonds. The van der Waals surface area contributed by atoms with E-state index in [2.05, 4.69) is 17.2 Å². The van der Waals surface area contributed by atoms with Gasteiger partial charge in [0.25, 0.3) is 5.91 Å². The number of hydrogen-bond acceptors (Lipinski definition) is 3. The SMILES string of the molecule is C[C@@H]1CCC[C@@H](OCc2cccc(NC(=O)c3ccc(=O)[nH]c3)c2)C1. The molecule has 1 aromatic heterocycles. The average Bonchev–Trinajstić information content (AvgIpc) is 2.61. The summed E-state index contributed by atoms with van der Waals surface area (Å²) < 4.78 is 6.04. The Labute approximate surface area is 147 Å². The number of benzene rings is 1. The number of hydrogen-bond donors (Lipinski definition) is 2. The molecule has 0 radical (unpaired) electrons. The summed E-state index contributed by atoms with van der Waals surface area (Å²) in [6, 6.07) is 10.5. The Morgan fingerprint density at radius 3 is 2.92 bits per heavy atom. The average molecular weight is 340 g/mol. The van der Waals surface area contributed by atoms with Crippen molar-refractivity contribution in [2.24, 2.45) is 5.92 Å². The first-order valence-corrected chi connectivity index (χ1v) is 8.81. The molecule has 2 N–H and O–H groups in total.